The normalized spacial score (nSPS) is 12.2. The maximum atomic E-state index is 11.0. The Morgan fingerprint density at radius 2 is 2.09 bits per heavy atom. The van der Waals surface area contributed by atoms with Crippen molar-refractivity contribution in [3.63, 3.8) is 0 Å². The molecule has 0 saturated carbocycles. The van der Waals surface area contributed by atoms with Gasteiger partial charge in [0, 0.05) is 12.8 Å². The van der Waals surface area contributed by atoms with Gasteiger partial charge in [0.1, 0.15) is 0 Å². The minimum atomic E-state index is -0.372. The molecule has 2 nitrogen and oxygen atoms in total. The van der Waals surface area contributed by atoms with Crippen molar-refractivity contribution in [2.75, 3.05) is 0 Å². The summed E-state index contributed by atoms with van der Waals surface area (Å²) in [6.45, 7) is 6.79. The van der Waals surface area contributed by atoms with Crippen molar-refractivity contribution in [1.29, 1.82) is 0 Å². The fourth-order valence-electron chi connectivity index (χ4n) is 0.928. The topological polar surface area (TPSA) is 34.1 Å². The van der Waals surface area contributed by atoms with Crippen molar-refractivity contribution in [3.8, 4) is 0 Å². The molecule has 0 aromatic carbocycles. The lowest BCUT2D eigenvalue weighted by Gasteiger charge is -2.05. The van der Waals surface area contributed by atoms with Crippen LogP contribution in [-0.2, 0) is 9.59 Å². The molecule has 62 valence electrons. The average molecular weight is 154 g/mol. The van der Waals surface area contributed by atoms with E-state index in [1.54, 1.807) is 6.08 Å². The lowest BCUT2D eigenvalue weighted by atomic mass is 9.97. The van der Waals surface area contributed by atoms with E-state index >= 15 is 0 Å². The number of rotatable bonds is 5. The SMILES string of the molecule is C=C[C@H](CCC)C(=O)C(C)=O. The Balaban J connectivity index is 4.13. The van der Waals surface area contributed by atoms with Crippen molar-refractivity contribution in [2.45, 2.75) is 26.7 Å². The van der Waals surface area contributed by atoms with E-state index in [2.05, 4.69) is 6.58 Å². The minimum Gasteiger partial charge on any atom is -0.291 e. The molecule has 0 bridgehead atoms. The standard InChI is InChI=1S/C9H14O2/c1-4-6-8(5-2)9(11)7(3)10/h5,8H,2,4,6H2,1,3H3/t8-/m1/s1. The predicted octanol–water partition coefficient (Wildman–Crippen LogP) is 1.75. The molecule has 0 unspecified atom stereocenters. The molecule has 0 aromatic rings. The molecule has 0 saturated heterocycles. The van der Waals surface area contributed by atoms with Crippen molar-refractivity contribution < 1.29 is 9.59 Å². The third kappa shape index (κ3) is 3.12. The van der Waals surface area contributed by atoms with Gasteiger partial charge in [-0.1, -0.05) is 19.4 Å². The van der Waals surface area contributed by atoms with Gasteiger partial charge in [0.15, 0.2) is 5.78 Å². The van der Waals surface area contributed by atoms with Crippen LogP contribution in [0.4, 0.5) is 0 Å². The fraction of sp³-hybridized carbons (Fsp3) is 0.556. The molecule has 0 aromatic heterocycles. The van der Waals surface area contributed by atoms with Gasteiger partial charge in [0.25, 0.3) is 0 Å². The zero-order valence-corrected chi connectivity index (χ0v) is 7.09. The number of carbonyl (C=O) groups excluding carboxylic acids is 2. The van der Waals surface area contributed by atoms with Gasteiger partial charge < -0.3 is 0 Å². The summed E-state index contributed by atoms with van der Waals surface area (Å²) in [6.07, 6.45) is 3.17. The lowest BCUT2D eigenvalue weighted by Crippen LogP contribution is -2.19. The summed E-state index contributed by atoms with van der Waals surface area (Å²) in [5.74, 6) is -0.956. The van der Waals surface area contributed by atoms with Crippen molar-refractivity contribution in [2.24, 2.45) is 5.92 Å². The van der Waals surface area contributed by atoms with E-state index < -0.39 is 0 Å². The third-order valence-corrected chi connectivity index (χ3v) is 1.57. The second-order valence-electron chi connectivity index (χ2n) is 2.55. The average Bonchev–Trinajstić information content (AvgIpc) is 1.98. The van der Waals surface area contributed by atoms with Gasteiger partial charge in [0.05, 0.1) is 0 Å². The molecule has 0 aliphatic heterocycles. The molecular formula is C9H14O2. The highest BCUT2D eigenvalue weighted by molar-refractivity contribution is 6.37. The first-order valence-corrected chi connectivity index (χ1v) is 3.80. The van der Waals surface area contributed by atoms with Gasteiger partial charge in [-0.25, -0.2) is 0 Å². The molecule has 0 fully saturated rings. The highest BCUT2D eigenvalue weighted by atomic mass is 16.2. The van der Waals surface area contributed by atoms with Crippen molar-refractivity contribution in [1.82, 2.24) is 0 Å². The van der Waals surface area contributed by atoms with Crippen LogP contribution in [0.25, 0.3) is 0 Å². The maximum Gasteiger partial charge on any atom is 0.204 e. The first kappa shape index (κ1) is 10.1. The zero-order chi connectivity index (χ0) is 8.85. The predicted molar refractivity (Wildman–Crippen MR) is 44.3 cm³/mol. The zero-order valence-electron chi connectivity index (χ0n) is 7.09. The van der Waals surface area contributed by atoms with E-state index in [0.29, 0.717) is 0 Å². The molecule has 0 aliphatic carbocycles. The van der Waals surface area contributed by atoms with Crippen LogP contribution in [-0.4, -0.2) is 11.6 Å². The van der Waals surface area contributed by atoms with Crippen LogP contribution >= 0.6 is 0 Å². The number of carbonyl (C=O) groups is 2. The first-order valence-electron chi connectivity index (χ1n) is 3.80. The van der Waals surface area contributed by atoms with E-state index in [4.69, 9.17) is 0 Å². The number of hydrogen-bond acceptors (Lipinski definition) is 2. The molecule has 0 aliphatic rings. The Bertz CT molecular complexity index is 170. The number of allylic oxidation sites excluding steroid dienone is 1. The summed E-state index contributed by atoms with van der Waals surface area (Å²) in [7, 11) is 0. The molecule has 0 amide bonds. The van der Waals surface area contributed by atoms with E-state index in [9.17, 15) is 9.59 Å². The van der Waals surface area contributed by atoms with Gasteiger partial charge in [-0.15, -0.1) is 6.58 Å². The summed E-state index contributed by atoms with van der Waals surface area (Å²) in [4.78, 5) is 21.7. The maximum absolute atomic E-state index is 11.0. The first-order chi connectivity index (χ1) is 5.13. The second kappa shape index (κ2) is 4.83. The Morgan fingerprint density at radius 3 is 2.36 bits per heavy atom. The van der Waals surface area contributed by atoms with Crippen LogP contribution in [0.1, 0.15) is 26.7 Å². The fourth-order valence-corrected chi connectivity index (χ4v) is 0.928. The van der Waals surface area contributed by atoms with Gasteiger partial charge in [-0.3, -0.25) is 9.59 Å². The van der Waals surface area contributed by atoms with Gasteiger partial charge in [-0.05, 0) is 6.42 Å². The highest BCUT2D eigenvalue weighted by Gasteiger charge is 2.17. The van der Waals surface area contributed by atoms with E-state index in [-0.39, 0.29) is 17.5 Å². The minimum absolute atomic E-state index is 0.266. The Hall–Kier alpha value is -0.920. The number of Topliss-reactive ketones (excluding diaryl/α,β-unsaturated/α-hetero) is 2. The van der Waals surface area contributed by atoms with Crippen LogP contribution in [0.15, 0.2) is 12.7 Å². The molecule has 1 atom stereocenters. The van der Waals surface area contributed by atoms with Crippen molar-refractivity contribution in [3.05, 3.63) is 12.7 Å². The van der Waals surface area contributed by atoms with Crippen molar-refractivity contribution >= 4 is 11.6 Å². The molecule has 0 spiro atoms. The van der Waals surface area contributed by atoms with E-state index in [1.807, 2.05) is 6.92 Å². The van der Waals surface area contributed by atoms with Crippen LogP contribution in [0.2, 0.25) is 0 Å². The quantitative estimate of drug-likeness (QED) is 0.446. The monoisotopic (exact) mass is 154 g/mol. The molecule has 0 heterocycles. The Kier molecular flexibility index (Phi) is 4.42. The summed E-state index contributed by atoms with van der Waals surface area (Å²) < 4.78 is 0. The van der Waals surface area contributed by atoms with Gasteiger partial charge >= 0.3 is 0 Å². The van der Waals surface area contributed by atoms with Crippen LogP contribution in [0.3, 0.4) is 0 Å². The second-order valence-corrected chi connectivity index (χ2v) is 2.55. The summed E-state index contributed by atoms with van der Waals surface area (Å²) in [6, 6.07) is 0. The van der Waals surface area contributed by atoms with Crippen LogP contribution in [0, 0.1) is 5.92 Å². The summed E-state index contributed by atoms with van der Waals surface area (Å²) >= 11 is 0. The molecule has 0 N–H and O–H groups in total. The largest absolute Gasteiger partial charge is 0.291 e. The molecule has 2 heteroatoms. The Morgan fingerprint density at radius 1 is 1.55 bits per heavy atom. The molecule has 0 radical (unpaired) electrons. The van der Waals surface area contributed by atoms with Gasteiger partial charge in [-0.2, -0.15) is 0 Å². The molecular weight excluding hydrogens is 140 g/mol. The smallest absolute Gasteiger partial charge is 0.204 e. The van der Waals surface area contributed by atoms with Gasteiger partial charge in [0.2, 0.25) is 5.78 Å². The van der Waals surface area contributed by atoms with Crippen LogP contribution < -0.4 is 0 Å². The number of hydrogen-bond donors (Lipinski definition) is 0. The third-order valence-electron chi connectivity index (χ3n) is 1.57. The summed E-state index contributed by atoms with van der Waals surface area (Å²) in [5.41, 5.74) is 0. The Labute approximate surface area is 67.3 Å². The highest BCUT2D eigenvalue weighted by Crippen LogP contribution is 2.08. The molecule has 0 rings (SSSR count). The van der Waals surface area contributed by atoms with E-state index in [0.717, 1.165) is 12.8 Å². The molecule has 11 heavy (non-hydrogen) atoms. The van der Waals surface area contributed by atoms with Crippen LogP contribution in [0.5, 0.6) is 0 Å². The number of ketones is 2. The lowest BCUT2D eigenvalue weighted by molar-refractivity contribution is -0.137. The van der Waals surface area contributed by atoms with E-state index in [1.165, 1.54) is 6.92 Å². The summed E-state index contributed by atoms with van der Waals surface area (Å²) in [5, 5.41) is 0.